The molecule has 0 aromatic rings. The first-order valence-electron chi connectivity index (χ1n) is 4.42. The molecule has 1 saturated heterocycles. The van der Waals surface area contributed by atoms with Crippen LogP contribution in [0.1, 0.15) is 19.3 Å². The summed E-state index contributed by atoms with van der Waals surface area (Å²) in [5.74, 6) is 1.80. The second kappa shape index (κ2) is 5.60. The minimum absolute atomic E-state index is 0.00711. The van der Waals surface area contributed by atoms with Gasteiger partial charge in [0, 0.05) is 40.6 Å². The van der Waals surface area contributed by atoms with E-state index in [1.54, 1.807) is 0 Å². The molecule has 0 aromatic heterocycles. The molecule has 0 aromatic carbocycles. The molecule has 0 spiro atoms. The van der Waals surface area contributed by atoms with Crippen LogP contribution < -0.4 is 5.32 Å². The Morgan fingerprint density at radius 1 is 1.46 bits per heavy atom. The number of rotatable bonds is 3. The Morgan fingerprint density at radius 3 is 2.62 bits per heavy atom. The van der Waals surface area contributed by atoms with E-state index in [0.717, 1.165) is 12.8 Å². The van der Waals surface area contributed by atoms with Gasteiger partial charge < -0.3 is 5.32 Å². The Labute approximate surface area is 85.7 Å². The van der Waals surface area contributed by atoms with Crippen LogP contribution in [0.2, 0.25) is 0 Å². The van der Waals surface area contributed by atoms with E-state index in [2.05, 4.69) is 5.32 Å². The third kappa shape index (κ3) is 4.09. The van der Waals surface area contributed by atoms with Gasteiger partial charge in [0.2, 0.25) is 5.91 Å². The number of hydrogen-bond donors (Lipinski definition) is 1. The number of hydrogen-bond acceptors (Lipinski definition) is 2. The van der Waals surface area contributed by atoms with Crippen molar-refractivity contribution in [3.05, 3.63) is 0 Å². The van der Waals surface area contributed by atoms with Gasteiger partial charge in [-0.15, -0.1) is 11.6 Å². The monoisotopic (exact) mass is 223 g/mol. The molecule has 13 heavy (non-hydrogen) atoms. The quantitative estimate of drug-likeness (QED) is 0.714. The van der Waals surface area contributed by atoms with E-state index in [4.69, 9.17) is 11.6 Å². The van der Waals surface area contributed by atoms with E-state index in [0.29, 0.717) is 23.8 Å². The van der Waals surface area contributed by atoms with Crippen LogP contribution in [0.4, 0.5) is 0 Å². The van der Waals surface area contributed by atoms with Crippen LogP contribution in [0.5, 0.6) is 0 Å². The Balaban J connectivity index is 2.22. The molecule has 76 valence electrons. The highest BCUT2D eigenvalue weighted by molar-refractivity contribution is 7.85. The summed E-state index contributed by atoms with van der Waals surface area (Å²) in [6, 6.07) is 0.216. The first-order valence-corrected chi connectivity index (χ1v) is 6.45. The molecule has 5 heteroatoms. The largest absolute Gasteiger partial charge is 0.353 e. The second-order valence-corrected chi connectivity index (χ2v) is 5.20. The molecule has 0 atom stereocenters. The minimum atomic E-state index is -0.657. The maximum Gasteiger partial charge on any atom is 0.221 e. The zero-order valence-corrected chi connectivity index (χ0v) is 9.00. The van der Waals surface area contributed by atoms with Gasteiger partial charge in [-0.1, -0.05) is 0 Å². The van der Waals surface area contributed by atoms with Crippen molar-refractivity contribution in [1.29, 1.82) is 0 Å². The summed E-state index contributed by atoms with van der Waals surface area (Å²) in [5.41, 5.74) is 0. The van der Waals surface area contributed by atoms with Crippen molar-refractivity contribution >= 4 is 28.3 Å². The topological polar surface area (TPSA) is 46.2 Å². The first kappa shape index (κ1) is 11.0. The molecule has 0 radical (unpaired) electrons. The van der Waals surface area contributed by atoms with Crippen LogP contribution in [-0.4, -0.2) is 33.5 Å². The molecule has 0 bridgehead atoms. The van der Waals surface area contributed by atoms with Gasteiger partial charge in [-0.05, 0) is 12.8 Å². The molecule has 1 aliphatic rings. The SMILES string of the molecule is O=C(CCCl)NC1CCS(=O)CC1. The van der Waals surface area contributed by atoms with E-state index < -0.39 is 10.8 Å². The Bertz CT molecular complexity index is 200. The molecule has 1 fully saturated rings. The highest BCUT2D eigenvalue weighted by atomic mass is 35.5. The number of nitrogens with one attached hydrogen (secondary N) is 1. The highest BCUT2D eigenvalue weighted by Gasteiger charge is 2.18. The normalized spacial score (nSPS) is 28.4. The number of carbonyl (C=O) groups excluding carboxylic acids is 1. The smallest absolute Gasteiger partial charge is 0.221 e. The molecule has 1 amide bonds. The molecule has 3 nitrogen and oxygen atoms in total. The summed E-state index contributed by atoms with van der Waals surface area (Å²) in [5, 5.41) is 2.88. The standard InChI is InChI=1S/C8H14ClNO2S/c9-4-1-8(11)10-7-2-5-13(12)6-3-7/h7H,1-6H2,(H,10,11). The van der Waals surface area contributed by atoms with Crippen LogP contribution in [0.25, 0.3) is 0 Å². The van der Waals surface area contributed by atoms with Crippen molar-refractivity contribution in [2.75, 3.05) is 17.4 Å². The number of alkyl halides is 1. The molecule has 1 rings (SSSR count). The van der Waals surface area contributed by atoms with E-state index in [1.807, 2.05) is 0 Å². The van der Waals surface area contributed by atoms with Gasteiger partial charge >= 0.3 is 0 Å². The molecule has 1 heterocycles. The number of amides is 1. The fourth-order valence-electron chi connectivity index (χ4n) is 1.32. The predicted molar refractivity (Wildman–Crippen MR) is 54.4 cm³/mol. The van der Waals surface area contributed by atoms with Crippen LogP contribution in [0.3, 0.4) is 0 Å². The fourth-order valence-corrected chi connectivity index (χ4v) is 2.79. The summed E-state index contributed by atoms with van der Waals surface area (Å²) >= 11 is 5.43. The van der Waals surface area contributed by atoms with Crippen molar-refractivity contribution in [3.8, 4) is 0 Å². The molecule has 0 unspecified atom stereocenters. The number of carbonyl (C=O) groups is 1. The third-order valence-corrected chi connectivity index (χ3v) is 3.65. The summed E-state index contributed by atoms with van der Waals surface area (Å²) < 4.78 is 11.0. The average molecular weight is 224 g/mol. The Hall–Kier alpha value is -0.0900. The molecular weight excluding hydrogens is 210 g/mol. The Kier molecular flexibility index (Phi) is 4.73. The van der Waals surface area contributed by atoms with Gasteiger partial charge in [0.1, 0.15) is 0 Å². The van der Waals surface area contributed by atoms with Crippen molar-refractivity contribution in [3.63, 3.8) is 0 Å². The van der Waals surface area contributed by atoms with E-state index in [-0.39, 0.29) is 11.9 Å². The lowest BCUT2D eigenvalue weighted by molar-refractivity contribution is -0.121. The van der Waals surface area contributed by atoms with E-state index in [9.17, 15) is 9.00 Å². The van der Waals surface area contributed by atoms with Gasteiger partial charge in [-0.3, -0.25) is 9.00 Å². The Morgan fingerprint density at radius 2 is 2.08 bits per heavy atom. The van der Waals surface area contributed by atoms with Crippen LogP contribution in [-0.2, 0) is 15.6 Å². The lowest BCUT2D eigenvalue weighted by Gasteiger charge is -2.22. The van der Waals surface area contributed by atoms with Crippen molar-refractivity contribution < 1.29 is 9.00 Å². The molecule has 1 aliphatic heterocycles. The van der Waals surface area contributed by atoms with Gasteiger partial charge in [-0.2, -0.15) is 0 Å². The lowest BCUT2D eigenvalue weighted by Crippen LogP contribution is -2.39. The first-order chi connectivity index (χ1) is 6.22. The van der Waals surface area contributed by atoms with Gasteiger partial charge in [0.25, 0.3) is 0 Å². The lowest BCUT2D eigenvalue weighted by atomic mass is 10.1. The van der Waals surface area contributed by atoms with Gasteiger partial charge in [-0.25, -0.2) is 0 Å². The molecule has 0 saturated carbocycles. The summed E-state index contributed by atoms with van der Waals surface area (Å²) in [6.45, 7) is 0. The van der Waals surface area contributed by atoms with Gasteiger partial charge in [0.15, 0.2) is 0 Å². The van der Waals surface area contributed by atoms with E-state index in [1.165, 1.54) is 0 Å². The molecule has 0 aliphatic carbocycles. The summed E-state index contributed by atoms with van der Waals surface area (Å²) in [6.07, 6.45) is 2.04. The minimum Gasteiger partial charge on any atom is -0.353 e. The predicted octanol–water partition coefficient (Wildman–Crippen LogP) is 0.643. The summed E-state index contributed by atoms with van der Waals surface area (Å²) in [7, 11) is -0.657. The zero-order valence-electron chi connectivity index (χ0n) is 7.42. The van der Waals surface area contributed by atoms with Crippen LogP contribution >= 0.6 is 11.6 Å². The van der Waals surface area contributed by atoms with Crippen molar-refractivity contribution in [2.24, 2.45) is 0 Å². The van der Waals surface area contributed by atoms with Crippen LogP contribution in [0.15, 0.2) is 0 Å². The average Bonchev–Trinajstić information content (AvgIpc) is 2.09. The maximum absolute atomic E-state index is 11.1. The highest BCUT2D eigenvalue weighted by Crippen LogP contribution is 2.09. The molecule has 1 N–H and O–H groups in total. The van der Waals surface area contributed by atoms with Crippen LogP contribution in [0, 0.1) is 0 Å². The number of halogens is 1. The molecular formula is C8H14ClNO2S. The fraction of sp³-hybridized carbons (Fsp3) is 0.875. The van der Waals surface area contributed by atoms with Crippen molar-refractivity contribution in [2.45, 2.75) is 25.3 Å². The van der Waals surface area contributed by atoms with Gasteiger partial charge in [0.05, 0.1) is 0 Å². The van der Waals surface area contributed by atoms with E-state index >= 15 is 0 Å². The zero-order chi connectivity index (χ0) is 9.68. The second-order valence-electron chi connectivity index (χ2n) is 3.13. The third-order valence-electron chi connectivity index (χ3n) is 2.07. The van der Waals surface area contributed by atoms with Crippen molar-refractivity contribution in [1.82, 2.24) is 5.32 Å². The summed E-state index contributed by atoms with van der Waals surface area (Å²) in [4.78, 5) is 11.1. The maximum atomic E-state index is 11.1.